The van der Waals surface area contributed by atoms with E-state index in [1.54, 1.807) is 24.1 Å². The Morgan fingerprint density at radius 1 is 1.03 bits per heavy atom. The number of methoxy groups -OCH3 is 1. The Morgan fingerprint density at radius 3 is 2.46 bits per heavy atom. The van der Waals surface area contributed by atoms with Crippen molar-refractivity contribution in [2.75, 3.05) is 38.2 Å². The highest BCUT2D eigenvalue weighted by Gasteiger charge is 2.27. The van der Waals surface area contributed by atoms with Crippen molar-refractivity contribution in [2.24, 2.45) is 0 Å². The number of anilines is 1. The molecule has 1 aliphatic heterocycles. The molecular weight excluding hydrogens is 447 g/mol. The van der Waals surface area contributed by atoms with Gasteiger partial charge in [0.15, 0.2) is 11.5 Å². The molecule has 1 aliphatic rings. The molecule has 35 heavy (non-hydrogen) atoms. The number of hydrogen-bond acceptors (Lipinski definition) is 6. The molecular formula is C26H27FN6O2. The van der Waals surface area contributed by atoms with Gasteiger partial charge < -0.3 is 14.5 Å². The van der Waals surface area contributed by atoms with Crippen LogP contribution in [-0.4, -0.2) is 63.8 Å². The van der Waals surface area contributed by atoms with Gasteiger partial charge in [-0.25, -0.2) is 19.0 Å². The van der Waals surface area contributed by atoms with Gasteiger partial charge in [0, 0.05) is 38.9 Å². The van der Waals surface area contributed by atoms with E-state index in [4.69, 9.17) is 19.8 Å². The predicted octanol–water partition coefficient (Wildman–Crippen LogP) is 3.68. The second-order valence-corrected chi connectivity index (χ2v) is 8.72. The van der Waals surface area contributed by atoms with E-state index in [0.29, 0.717) is 37.6 Å². The highest BCUT2D eigenvalue weighted by Crippen LogP contribution is 2.30. The molecule has 5 rings (SSSR count). The van der Waals surface area contributed by atoms with Crippen LogP contribution >= 0.6 is 0 Å². The van der Waals surface area contributed by atoms with E-state index in [9.17, 15) is 9.18 Å². The molecule has 0 spiro atoms. The van der Waals surface area contributed by atoms with Crippen molar-refractivity contribution in [1.82, 2.24) is 24.6 Å². The number of ether oxygens (including phenoxy) is 1. The zero-order chi connectivity index (χ0) is 24.5. The lowest BCUT2D eigenvalue weighted by Crippen LogP contribution is -2.49. The Labute approximate surface area is 203 Å². The van der Waals surface area contributed by atoms with Crippen molar-refractivity contribution >= 4 is 22.8 Å². The normalized spacial score (nSPS) is 14.1. The number of rotatable bonds is 5. The van der Waals surface area contributed by atoms with Gasteiger partial charge in [-0.05, 0) is 44.2 Å². The summed E-state index contributed by atoms with van der Waals surface area (Å²) < 4.78 is 20.8. The topological polar surface area (TPSA) is 76.4 Å². The van der Waals surface area contributed by atoms with Crippen LogP contribution in [0, 0.1) is 19.7 Å². The highest BCUT2D eigenvalue weighted by molar-refractivity contribution is 5.95. The molecule has 1 fully saturated rings. The van der Waals surface area contributed by atoms with Crippen LogP contribution in [0.2, 0.25) is 0 Å². The highest BCUT2D eigenvalue weighted by atomic mass is 19.1. The number of halogens is 1. The van der Waals surface area contributed by atoms with Crippen molar-refractivity contribution in [3.8, 4) is 5.69 Å². The lowest BCUT2D eigenvalue weighted by molar-refractivity contribution is 0.0746. The first-order valence-electron chi connectivity index (χ1n) is 11.6. The van der Waals surface area contributed by atoms with Crippen LogP contribution in [-0.2, 0) is 11.3 Å². The monoisotopic (exact) mass is 474 g/mol. The summed E-state index contributed by atoms with van der Waals surface area (Å²) in [6.45, 7) is 6.48. The largest absolute Gasteiger partial charge is 0.377 e. The molecule has 1 saturated heterocycles. The van der Waals surface area contributed by atoms with E-state index in [-0.39, 0.29) is 12.5 Å². The maximum Gasteiger partial charge on any atom is 0.254 e. The summed E-state index contributed by atoms with van der Waals surface area (Å²) in [5.41, 5.74) is 4.01. The third-order valence-corrected chi connectivity index (χ3v) is 6.22. The Kier molecular flexibility index (Phi) is 6.17. The summed E-state index contributed by atoms with van der Waals surface area (Å²) in [5, 5.41) is 5.67. The van der Waals surface area contributed by atoms with Gasteiger partial charge in [0.1, 0.15) is 18.2 Å². The molecule has 9 heteroatoms. The second kappa shape index (κ2) is 9.42. The minimum absolute atomic E-state index is 0.166. The van der Waals surface area contributed by atoms with E-state index in [1.165, 1.54) is 17.7 Å². The number of benzene rings is 2. The Bertz CT molecular complexity index is 1380. The fourth-order valence-corrected chi connectivity index (χ4v) is 4.42. The fraction of sp³-hybridized carbons (Fsp3) is 0.308. The zero-order valence-electron chi connectivity index (χ0n) is 20.0. The molecule has 2 aromatic carbocycles. The quantitative estimate of drug-likeness (QED) is 0.439. The first-order valence-corrected chi connectivity index (χ1v) is 11.6. The number of aryl methyl sites for hydroxylation is 2. The molecule has 4 aromatic rings. The number of amides is 1. The Morgan fingerprint density at radius 2 is 1.77 bits per heavy atom. The summed E-state index contributed by atoms with van der Waals surface area (Å²) in [5.74, 6) is 0.780. The van der Waals surface area contributed by atoms with Gasteiger partial charge in [-0.15, -0.1) is 0 Å². The van der Waals surface area contributed by atoms with E-state index >= 15 is 0 Å². The van der Waals surface area contributed by atoms with Gasteiger partial charge in [-0.1, -0.05) is 23.8 Å². The lowest BCUT2D eigenvalue weighted by atomic mass is 10.1. The summed E-state index contributed by atoms with van der Waals surface area (Å²) in [7, 11) is 1.62. The van der Waals surface area contributed by atoms with Crippen LogP contribution in [0.4, 0.5) is 10.2 Å². The lowest BCUT2D eigenvalue weighted by Gasteiger charge is -2.35. The average molecular weight is 475 g/mol. The smallest absolute Gasteiger partial charge is 0.254 e. The minimum Gasteiger partial charge on any atom is -0.377 e. The van der Waals surface area contributed by atoms with Crippen molar-refractivity contribution in [3.05, 3.63) is 77.0 Å². The van der Waals surface area contributed by atoms with E-state index in [1.807, 2.05) is 42.8 Å². The number of carbonyl (C=O) groups excluding carboxylic acids is 1. The molecule has 0 N–H and O–H groups in total. The third kappa shape index (κ3) is 4.46. The molecule has 8 nitrogen and oxygen atoms in total. The number of aromatic nitrogens is 4. The van der Waals surface area contributed by atoms with Crippen molar-refractivity contribution in [2.45, 2.75) is 20.5 Å². The first kappa shape index (κ1) is 22.9. The molecule has 0 saturated carbocycles. The van der Waals surface area contributed by atoms with Gasteiger partial charge in [0.25, 0.3) is 5.91 Å². The van der Waals surface area contributed by atoms with Crippen LogP contribution in [0.5, 0.6) is 0 Å². The molecule has 0 unspecified atom stereocenters. The summed E-state index contributed by atoms with van der Waals surface area (Å²) >= 11 is 0. The van der Waals surface area contributed by atoms with Gasteiger partial charge in [0.05, 0.1) is 16.8 Å². The van der Waals surface area contributed by atoms with Crippen LogP contribution < -0.4 is 4.90 Å². The van der Waals surface area contributed by atoms with Crippen molar-refractivity contribution < 1.29 is 13.9 Å². The molecule has 1 amide bonds. The van der Waals surface area contributed by atoms with Gasteiger partial charge >= 0.3 is 0 Å². The van der Waals surface area contributed by atoms with Crippen LogP contribution in [0.15, 0.2) is 48.5 Å². The zero-order valence-corrected chi connectivity index (χ0v) is 20.0. The number of nitrogens with zero attached hydrogens (tertiary/aromatic N) is 6. The van der Waals surface area contributed by atoms with Crippen molar-refractivity contribution in [1.29, 1.82) is 0 Å². The third-order valence-electron chi connectivity index (χ3n) is 6.22. The van der Waals surface area contributed by atoms with Crippen LogP contribution in [0.1, 0.15) is 27.4 Å². The van der Waals surface area contributed by atoms with E-state index < -0.39 is 5.82 Å². The van der Waals surface area contributed by atoms with E-state index in [2.05, 4.69) is 4.90 Å². The molecule has 2 aromatic heterocycles. The Balaban J connectivity index is 1.47. The number of carbonyl (C=O) groups is 1. The molecule has 0 bridgehead atoms. The van der Waals surface area contributed by atoms with Crippen molar-refractivity contribution in [3.63, 3.8) is 0 Å². The van der Waals surface area contributed by atoms with Crippen LogP contribution in [0.3, 0.4) is 0 Å². The second-order valence-electron chi connectivity index (χ2n) is 8.72. The first-order chi connectivity index (χ1) is 16.9. The molecule has 0 atom stereocenters. The summed E-state index contributed by atoms with van der Waals surface area (Å²) in [6, 6.07) is 14.0. The maximum absolute atomic E-state index is 13.6. The summed E-state index contributed by atoms with van der Waals surface area (Å²) in [6.07, 6.45) is 0. The molecule has 3 heterocycles. The van der Waals surface area contributed by atoms with Gasteiger partial charge in [0.2, 0.25) is 0 Å². The number of hydrogen-bond donors (Lipinski definition) is 0. The number of piperazine rings is 1. The SMILES string of the molecule is COCc1nc(N2CCN(C(=O)c3cccc(F)c3)CC2)c2c(C)nn(-c3ccc(C)cc3)c2n1. The minimum atomic E-state index is -0.412. The molecule has 0 aliphatic carbocycles. The average Bonchev–Trinajstić information content (AvgIpc) is 3.20. The molecule has 0 radical (unpaired) electrons. The van der Waals surface area contributed by atoms with Crippen LogP contribution in [0.25, 0.3) is 16.7 Å². The van der Waals surface area contributed by atoms with E-state index in [0.717, 1.165) is 28.2 Å². The maximum atomic E-state index is 13.6. The number of fused-ring (bicyclic) bond motifs is 1. The van der Waals surface area contributed by atoms with Gasteiger partial charge in [-0.3, -0.25) is 4.79 Å². The molecule has 180 valence electrons. The standard InChI is InChI=1S/C26H27FN6O2/c1-17-7-9-21(10-8-17)33-25-23(18(2)30-33)24(28-22(29-25)16-35-3)31-11-13-32(14-12-31)26(34)19-5-4-6-20(27)15-19/h4-10,15H,11-14,16H2,1-3H3. The summed E-state index contributed by atoms with van der Waals surface area (Å²) in [4.78, 5) is 26.4. The Hall–Kier alpha value is -3.85. The predicted molar refractivity (Wildman–Crippen MR) is 131 cm³/mol. The fourth-order valence-electron chi connectivity index (χ4n) is 4.42. The van der Waals surface area contributed by atoms with Gasteiger partial charge in [-0.2, -0.15) is 5.10 Å².